The number of hydrogen-bond acceptors (Lipinski definition) is 4. The van der Waals surface area contributed by atoms with Crippen LogP contribution in [0.1, 0.15) is 10.4 Å². The average Bonchev–Trinajstić information content (AvgIpc) is 2.66. The number of morpholine rings is 1. The number of carbonyl (C=O) groups is 2. The van der Waals surface area contributed by atoms with Gasteiger partial charge in [0.2, 0.25) is 5.91 Å². The number of amides is 2. The van der Waals surface area contributed by atoms with Crippen molar-refractivity contribution in [1.82, 2.24) is 9.80 Å². The van der Waals surface area contributed by atoms with Gasteiger partial charge in [-0.3, -0.25) is 9.59 Å². The zero-order chi connectivity index (χ0) is 18.1. The maximum absolute atomic E-state index is 12.5. The molecule has 1 aliphatic heterocycles. The first-order chi connectivity index (χ1) is 12.2. The van der Waals surface area contributed by atoms with Crippen molar-refractivity contribution in [2.75, 3.05) is 51.3 Å². The van der Waals surface area contributed by atoms with Crippen LogP contribution in [0.25, 0.3) is 0 Å². The van der Waals surface area contributed by atoms with Gasteiger partial charge < -0.3 is 19.9 Å². The van der Waals surface area contributed by atoms with Crippen LogP contribution in [-0.4, -0.2) is 67.6 Å². The van der Waals surface area contributed by atoms with E-state index in [1.165, 1.54) is 0 Å². The van der Waals surface area contributed by atoms with Crippen LogP contribution in [-0.2, 0) is 9.53 Å². The van der Waals surface area contributed by atoms with E-state index in [9.17, 15) is 9.59 Å². The van der Waals surface area contributed by atoms with Crippen LogP contribution < -0.4 is 5.32 Å². The van der Waals surface area contributed by atoms with E-state index in [1.54, 1.807) is 34.1 Å². The number of nitrogens with one attached hydrogen (secondary N) is 1. The van der Waals surface area contributed by atoms with Crippen LogP contribution in [0.4, 0.5) is 5.69 Å². The Morgan fingerprint density at radius 2 is 1.88 bits per heavy atom. The van der Waals surface area contributed by atoms with E-state index >= 15 is 0 Å². The minimum absolute atomic E-state index is 0.0155. The second-order valence-corrected chi connectivity index (χ2v) is 5.72. The number of ether oxygens (including phenoxy) is 1. The van der Waals surface area contributed by atoms with E-state index in [0.29, 0.717) is 45.0 Å². The quantitative estimate of drug-likeness (QED) is 0.731. The number of benzene rings is 1. The Kier molecular flexibility index (Phi) is 7.22. The molecule has 25 heavy (non-hydrogen) atoms. The fourth-order valence-corrected chi connectivity index (χ4v) is 2.59. The Morgan fingerprint density at radius 1 is 1.20 bits per heavy atom. The maximum Gasteiger partial charge on any atom is 0.254 e. The van der Waals surface area contributed by atoms with Gasteiger partial charge in [-0.15, -0.1) is 13.2 Å². The van der Waals surface area contributed by atoms with Gasteiger partial charge in [0.1, 0.15) is 0 Å². The van der Waals surface area contributed by atoms with E-state index in [-0.39, 0.29) is 18.4 Å². The first-order valence-corrected chi connectivity index (χ1v) is 8.36. The van der Waals surface area contributed by atoms with Crippen molar-refractivity contribution in [1.29, 1.82) is 0 Å². The molecule has 0 saturated carbocycles. The molecule has 0 unspecified atom stereocenters. The molecular weight excluding hydrogens is 318 g/mol. The Morgan fingerprint density at radius 3 is 2.52 bits per heavy atom. The first kappa shape index (κ1) is 18.7. The molecule has 1 heterocycles. The van der Waals surface area contributed by atoms with Crippen LogP contribution >= 0.6 is 0 Å². The monoisotopic (exact) mass is 343 g/mol. The number of rotatable bonds is 8. The molecule has 0 aliphatic carbocycles. The largest absolute Gasteiger partial charge is 0.378 e. The lowest BCUT2D eigenvalue weighted by molar-refractivity contribution is -0.128. The minimum atomic E-state index is -0.0512. The molecule has 1 aliphatic rings. The van der Waals surface area contributed by atoms with Crippen molar-refractivity contribution in [3.63, 3.8) is 0 Å². The molecular formula is C19H25N3O3. The fraction of sp³-hybridized carbons (Fsp3) is 0.368. The van der Waals surface area contributed by atoms with Crippen molar-refractivity contribution in [2.45, 2.75) is 0 Å². The van der Waals surface area contributed by atoms with Gasteiger partial charge in [-0.1, -0.05) is 18.2 Å². The average molecular weight is 343 g/mol. The summed E-state index contributed by atoms with van der Waals surface area (Å²) in [5.41, 5.74) is 1.35. The van der Waals surface area contributed by atoms with Crippen LogP contribution in [0.15, 0.2) is 49.6 Å². The van der Waals surface area contributed by atoms with Crippen molar-refractivity contribution in [3.8, 4) is 0 Å². The molecule has 2 amide bonds. The molecule has 6 heteroatoms. The van der Waals surface area contributed by atoms with Crippen molar-refractivity contribution < 1.29 is 14.3 Å². The number of hydrogen-bond donors (Lipinski definition) is 1. The fourth-order valence-electron chi connectivity index (χ4n) is 2.59. The lowest BCUT2D eigenvalue weighted by Gasteiger charge is -2.27. The van der Waals surface area contributed by atoms with Crippen molar-refractivity contribution >= 4 is 17.5 Å². The van der Waals surface area contributed by atoms with Gasteiger partial charge in [-0.05, 0) is 18.2 Å². The molecule has 0 aromatic heterocycles. The molecule has 1 saturated heterocycles. The molecule has 1 aromatic carbocycles. The van der Waals surface area contributed by atoms with Gasteiger partial charge in [-0.2, -0.15) is 0 Å². The summed E-state index contributed by atoms with van der Waals surface area (Å²) in [6, 6.07) is 7.21. The predicted octanol–water partition coefficient (Wildman–Crippen LogP) is 1.77. The second-order valence-electron chi connectivity index (χ2n) is 5.72. The second kappa shape index (κ2) is 9.64. The van der Waals surface area contributed by atoms with Gasteiger partial charge in [0.25, 0.3) is 5.91 Å². The van der Waals surface area contributed by atoms with Gasteiger partial charge in [0.05, 0.1) is 19.8 Å². The summed E-state index contributed by atoms with van der Waals surface area (Å²) in [7, 11) is 0. The number of carbonyl (C=O) groups excluding carboxylic acids is 2. The summed E-state index contributed by atoms with van der Waals surface area (Å²) in [6.45, 7) is 10.8. The lowest BCUT2D eigenvalue weighted by Crippen LogP contribution is -2.40. The molecule has 0 atom stereocenters. The summed E-state index contributed by atoms with van der Waals surface area (Å²) in [5.74, 6) is -0.0667. The molecule has 134 valence electrons. The Hall–Kier alpha value is -2.60. The molecule has 6 nitrogen and oxygen atoms in total. The van der Waals surface area contributed by atoms with E-state index in [4.69, 9.17) is 4.74 Å². The molecule has 0 spiro atoms. The molecule has 0 bridgehead atoms. The highest BCUT2D eigenvalue weighted by Gasteiger charge is 2.18. The number of nitrogens with zero attached hydrogens (tertiary/aromatic N) is 2. The summed E-state index contributed by atoms with van der Waals surface area (Å²) >= 11 is 0. The van der Waals surface area contributed by atoms with Gasteiger partial charge in [0.15, 0.2) is 0 Å². The Bertz CT molecular complexity index is 614. The van der Waals surface area contributed by atoms with E-state index in [0.717, 1.165) is 5.69 Å². The minimum Gasteiger partial charge on any atom is -0.378 e. The molecule has 0 radical (unpaired) electrons. The summed E-state index contributed by atoms with van der Waals surface area (Å²) in [6.07, 6.45) is 3.37. The van der Waals surface area contributed by atoms with Gasteiger partial charge in [-0.25, -0.2) is 0 Å². The third-order valence-electron chi connectivity index (χ3n) is 3.90. The first-order valence-electron chi connectivity index (χ1n) is 8.36. The highest BCUT2D eigenvalue weighted by atomic mass is 16.5. The molecule has 2 rings (SSSR count). The highest BCUT2D eigenvalue weighted by molar-refractivity contribution is 5.95. The van der Waals surface area contributed by atoms with Crippen LogP contribution in [0.5, 0.6) is 0 Å². The zero-order valence-electron chi connectivity index (χ0n) is 14.4. The van der Waals surface area contributed by atoms with Crippen molar-refractivity contribution in [2.24, 2.45) is 0 Å². The Labute approximate surface area is 148 Å². The van der Waals surface area contributed by atoms with E-state index in [2.05, 4.69) is 18.5 Å². The van der Waals surface area contributed by atoms with E-state index in [1.807, 2.05) is 12.1 Å². The smallest absolute Gasteiger partial charge is 0.254 e. The molecule has 1 fully saturated rings. The predicted molar refractivity (Wildman–Crippen MR) is 98.6 cm³/mol. The SMILES string of the molecule is C=CCN(CC=C)C(=O)CNc1cccc(C(=O)N2CCOCC2)c1. The van der Waals surface area contributed by atoms with Crippen LogP contribution in [0.2, 0.25) is 0 Å². The van der Waals surface area contributed by atoms with Crippen molar-refractivity contribution in [3.05, 3.63) is 55.1 Å². The third-order valence-corrected chi connectivity index (χ3v) is 3.90. The molecule has 1 aromatic rings. The third kappa shape index (κ3) is 5.46. The van der Waals surface area contributed by atoms with Gasteiger partial charge >= 0.3 is 0 Å². The van der Waals surface area contributed by atoms with Crippen LogP contribution in [0.3, 0.4) is 0 Å². The summed E-state index contributed by atoms with van der Waals surface area (Å²) in [5, 5.41) is 3.08. The zero-order valence-corrected chi connectivity index (χ0v) is 14.4. The molecule has 1 N–H and O–H groups in total. The standard InChI is InChI=1S/C19H25N3O3/c1-3-8-21(9-4-2)18(23)15-20-17-7-5-6-16(14-17)19(24)22-10-12-25-13-11-22/h3-7,14,20H,1-2,8-13,15H2. The number of anilines is 1. The maximum atomic E-state index is 12.5. The summed E-state index contributed by atoms with van der Waals surface area (Å²) in [4.78, 5) is 28.2. The topological polar surface area (TPSA) is 61.9 Å². The van der Waals surface area contributed by atoms with Crippen LogP contribution in [0, 0.1) is 0 Å². The highest BCUT2D eigenvalue weighted by Crippen LogP contribution is 2.14. The summed E-state index contributed by atoms with van der Waals surface area (Å²) < 4.78 is 5.27. The van der Waals surface area contributed by atoms with E-state index < -0.39 is 0 Å². The van der Waals surface area contributed by atoms with Gasteiger partial charge in [0, 0.05) is 37.4 Å². The lowest BCUT2D eigenvalue weighted by atomic mass is 10.1. The normalized spacial score (nSPS) is 13.8. The Balaban J connectivity index is 1.96.